The van der Waals surface area contributed by atoms with E-state index in [1.54, 1.807) is 18.3 Å². The van der Waals surface area contributed by atoms with E-state index in [9.17, 15) is 26.4 Å². The first-order chi connectivity index (χ1) is 28.7. The number of nitrogens with one attached hydrogen (secondary N) is 2. The third-order valence-electron chi connectivity index (χ3n) is 12.1. The van der Waals surface area contributed by atoms with Crippen molar-refractivity contribution in [2.75, 3.05) is 57.5 Å². The van der Waals surface area contributed by atoms with Crippen molar-refractivity contribution in [3.05, 3.63) is 119 Å². The Morgan fingerprint density at radius 1 is 0.933 bits per heavy atom. The molecule has 1 saturated carbocycles. The number of carbonyl (C=O) groups excluding carboxylic acids is 2. The fourth-order valence-electron chi connectivity index (χ4n) is 9.47. The lowest BCUT2D eigenvalue weighted by Gasteiger charge is -2.51. The standard InChI is InChI=1S/C43H50F2N6O7S2/c1-58-42(53)48-39-13-5-12-37(39)43(51-20-6-19-47-51,33-9-4-10-34(44)25-33)32-16-21-49(22-17-32)27-30-28-50(29-30)40-15-14-36(26-38(40)45)60(56,57)35-11-3-8-31(24-35)41(52)46-18-7-23-59(2,54)55/h3-4,6-11,14-15,19-20,23-26,30,32,37,39H,5,12-13,16-18,21-22,27-29H2,1-2H3,(H,46,52)(H,48,53)/b23-7+/t37-,39-,43?/m0/s1. The molecule has 2 aliphatic heterocycles. The van der Waals surface area contributed by atoms with E-state index in [0.717, 1.165) is 75.0 Å². The van der Waals surface area contributed by atoms with Crippen LogP contribution in [-0.4, -0.2) is 102 Å². The van der Waals surface area contributed by atoms with Gasteiger partial charge in [-0.1, -0.05) is 30.7 Å². The van der Waals surface area contributed by atoms with Gasteiger partial charge in [0.2, 0.25) is 9.84 Å². The lowest BCUT2D eigenvalue weighted by atomic mass is 9.64. The number of methoxy groups -OCH3 is 1. The highest BCUT2D eigenvalue weighted by Gasteiger charge is 2.54. The van der Waals surface area contributed by atoms with Crippen LogP contribution < -0.4 is 15.5 Å². The number of carbonyl (C=O) groups is 2. The number of alkyl carbamates (subject to hydrolysis) is 1. The van der Waals surface area contributed by atoms with Gasteiger partial charge < -0.3 is 25.2 Å². The van der Waals surface area contributed by atoms with E-state index in [1.807, 2.05) is 27.9 Å². The van der Waals surface area contributed by atoms with Gasteiger partial charge in [0.1, 0.15) is 11.6 Å². The quantitative estimate of drug-likeness (QED) is 0.168. The van der Waals surface area contributed by atoms with Gasteiger partial charge >= 0.3 is 6.09 Å². The first-order valence-electron chi connectivity index (χ1n) is 20.1. The molecule has 1 unspecified atom stereocenters. The number of hydrogen-bond acceptors (Lipinski definition) is 10. The maximum absolute atomic E-state index is 15.6. The van der Waals surface area contributed by atoms with Crippen LogP contribution >= 0.6 is 0 Å². The largest absolute Gasteiger partial charge is 0.453 e. The van der Waals surface area contributed by atoms with Crippen LogP contribution in [0.2, 0.25) is 0 Å². The topological polar surface area (TPSA) is 160 Å². The van der Waals surface area contributed by atoms with Crippen molar-refractivity contribution in [3.63, 3.8) is 0 Å². The van der Waals surface area contributed by atoms with Crippen LogP contribution in [0, 0.1) is 29.4 Å². The van der Waals surface area contributed by atoms with Crippen molar-refractivity contribution in [1.82, 2.24) is 25.3 Å². The van der Waals surface area contributed by atoms with Gasteiger partial charge in [0.15, 0.2) is 9.84 Å². The molecule has 3 aromatic carbocycles. The number of halogens is 2. The molecule has 2 saturated heterocycles. The molecule has 2 N–H and O–H groups in total. The Morgan fingerprint density at radius 3 is 2.37 bits per heavy atom. The van der Waals surface area contributed by atoms with Crippen molar-refractivity contribution in [2.45, 2.75) is 53.5 Å². The van der Waals surface area contributed by atoms with Gasteiger partial charge in [-0.05, 0) is 105 Å². The molecule has 1 aliphatic carbocycles. The number of piperidine rings is 1. The van der Waals surface area contributed by atoms with E-state index in [-0.39, 0.29) is 51.5 Å². The highest BCUT2D eigenvalue weighted by atomic mass is 32.2. The highest BCUT2D eigenvalue weighted by Crippen LogP contribution is 2.51. The number of anilines is 1. The van der Waals surface area contributed by atoms with Crippen LogP contribution in [0.4, 0.5) is 19.3 Å². The SMILES string of the molecule is COC(=O)N[C@H]1CCC[C@@H]1C(c1cccc(F)c1)(C1CCN(CC2CN(c3ccc(S(=O)(=O)c4cccc(C(=O)NC/C=C/S(C)(=O)=O)c4)cc3F)C2)CC1)n1cccn1. The summed E-state index contributed by atoms with van der Waals surface area (Å²) in [5, 5.41) is 11.3. The monoisotopic (exact) mass is 864 g/mol. The average molecular weight is 865 g/mol. The third kappa shape index (κ3) is 9.12. The van der Waals surface area contributed by atoms with E-state index < -0.39 is 43.0 Å². The third-order valence-corrected chi connectivity index (χ3v) is 14.6. The number of ether oxygens (including phenoxy) is 1. The minimum atomic E-state index is -4.17. The first kappa shape index (κ1) is 43.0. The molecule has 3 atom stereocenters. The molecule has 13 nitrogen and oxygen atoms in total. The van der Waals surface area contributed by atoms with Gasteiger partial charge in [-0.25, -0.2) is 30.4 Å². The summed E-state index contributed by atoms with van der Waals surface area (Å²) in [5.41, 5.74) is 0.474. The molecule has 4 aromatic rings. The smallest absolute Gasteiger partial charge is 0.407 e. The molecular formula is C43H50F2N6O7S2. The van der Waals surface area contributed by atoms with Crippen molar-refractivity contribution in [3.8, 4) is 0 Å². The van der Waals surface area contributed by atoms with Gasteiger partial charge in [-0.3, -0.25) is 9.48 Å². The van der Waals surface area contributed by atoms with E-state index in [2.05, 4.69) is 15.5 Å². The summed E-state index contributed by atoms with van der Waals surface area (Å²) in [5.74, 6) is -1.30. The Hall–Kier alpha value is -5.13. The van der Waals surface area contributed by atoms with Gasteiger partial charge in [-0.2, -0.15) is 5.10 Å². The fourth-order valence-corrected chi connectivity index (χ4v) is 11.2. The van der Waals surface area contributed by atoms with Crippen LogP contribution in [0.3, 0.4) is 0 Å². The van der Waals surface area contributed by atoms with Crippen LogP contribution in [0.15, 0.2) is 106 Å². The van der Waals surface area contributed by atoms with Crippen LogP contribution in [0.1, 0.15) is 48.0 Å². The molecule has 320 valence electrons. The predicted molar refractivity (Wildman–Crippen MR) is 222 cm³/mol. The fraction of sp³-hybridized carbons (Fsp3) is 0.419. The number of nitrogens with zero attached hydrogens (tertiary/aromatic N) is 4. The molecular weight excluding hydrogens is 815 g/mol. The van der Waals surface area contributed by atoms with Crippen LogP contribution in [0.5, 0.6) is 0 Å². The van der Waals surface area contributed by atoms with Crippen molar-refractivity contribution in [2.24, 2.45) is 17.8 Å². The lowest BCUT2D eigenvalue weighted by Crippen LogP contribution is -2.58. The zero-order valence-electron chi connectivity index (χ0n) is 33.5. The number of aromatic nitrogens is 2. The summed E-state index contributed by atoms with van der Waals surface area (Å²) in [4.78, 5) is 29.0. The van der Waals surface area contributed by atoms with E-state index in [0.29, 0.717) is 18.8 Å². The van der Waals surface area contributed by atoms with Crippen molar-refractivity contribution in [1.29, 1.82) is 0 Å². The molecule has 0 radical (unpaired) electrons. The maximum atomic E-state index is 15.6. The molecule has 0 bridgehead atoms. The first-order valence-corrected chi connectivity index (χ1v) is 23.5. The Morgan fingerprint density at radius 2 is 1.68 bits per heavy atom. The molecule has 2 amide bonds. The van der Waals surface area contributed by atoms with Crippen molar-refractivity contribution >= 4 is 37.4 Å². The Bertz CT molecular complexity index is 2440. The summed E-state index contributed by atoms with van der Waals surface area (Å²) in [6, 6.07) is 17.7. The Labute approximate surface area is 349 Å². The zero-order chi connectivity index (χ0) is 42.7. The van der Waals surface area contributed by atoms with Gasteiger partial charge in [0, 0.05) is 73.7 Å². The molecule has 3 aliphatic rings. The van der Waals surface area contributed by atoms with E-state index in [1.165, 1.54) is 55.7 Å². The van der Waals surface area contributed by atoms with Gasteiger partial charge in [0.05, 0.1) is 28.1 Å². The molecule has 3 heterocycles. The lowest BCUT2D eigenvalue weighted by molar-refractivity contribution is 0.0388. The van der Waals surface area contributed by atoms with Gasteiger partial charge in [-0.15, -0.1) is 0 Å². The highest BCUT2D eigenvalue weighted by molar-refractivity contribution is 7.93. The normalized spacial score (nSPS) is 20.4. The van der Waals surface area contributed by atoms with E-state index in [4.69, 9.17) is 9.84 Å². The Kier molecular flexibility index (Phi) is 12.8. The average Bonchev–Trinajstić information content (AvgIpc) is 3.92. The molecule has 1 aromatic heterocycles. The van der Waals surface area contributed by atoms with Crippen LogP contribution in [-0.2, 0) is 30.0 Å². The molecule has 7 rings (SSSR count). The summed E-state index contributed by atoms with van der Waals surface area (Å²) in [6.45, 7) is 3.53. The molecule has 17 heteroatoms. The second-order valence-corrected chi connectivity index (χ2v) is 19.8. The minimum Gasteiger partial charge on any atom is -0.453 e. The second-order valence-electron chi connectivity index (χ2n) is 16.0. The summed E-state index contributed by atoms with van der Waals surface area (Å²) < 4.78 is 87.2. The summed E-state index contributed by atoms with van der Waals surface area (Å²) >= 11 is 0. The number of likely N-dealkylation sites (tertiary alicyclic amines) is 1. The predicted octanol–water partition coefficient (Wildman–Crippen LogP) is 5.40. The van der Waals surface area contributed by atoms with Crippen LogP contribution in [0.25, 0.3) is 0 Å². The van der Waals surface area contributed by atoms with Gasteiger partial charge in [0.25, 0.3) is 5.91 Å². The molecule has 3 fully saturated rings. The number of benzene rings is 3. The minimum absolute atomic E-state index is 0.0518. The second kappa shape index (κ2) is 17.8. The number of rotatable bonds is 14. The molecule has 0 spiro atoms. The van der Waals surface area contributed by atoms with E-state index >= 15 is 8.78 Å². The molecule has 60 heavy (non-hydrogen) atoms. The Balaban J connectivity index is 0.992. The maximum Gasteiger partial charge on any atom is 0.407 e. The van der Waals surface area contributed by atoms with Crippen molar-refractivity contribution < 1.29 is 39.9 Å². The zero-order valence-corrected chi connectivity index (χ0v) is 35.2. The summed E-state index contributed by atoms with van der Waals surface area (Å²) in [7, 11) is -6.18. The number of amides is 2. The summed E-state index contributed by atoms with van der Waals surface area (Å²) in [6.07, 6.45) is 9.63. The number of hydrogen-bond donors (Lipinski definition) is 2. The number of sulfone groups is 2.